The Morgan fingerprint density at radius 1 is 0.583 bits per heavy atom. The van der Waals surface area contributed by atoms with Crippen molar-refractivity contribution >= 4 is 0 Å². The fourth-order valence-corrected chi connectivity index (χ4v) is 3.05. The number of aryl methyl sites for hydroxylation is 2. The van der Waals surface area contributed by atoms with Gasteiger partial charge in [-0.05, 0) is 59.1 Å². The van der Waals surface area contributed by atoms with Crippen molar-refractivity contribution in [2.45, 2.75) is 66.2 Å². The molecule has 130 valence electrons. The number of hydrogen-bond donors (Lipinski definition) is 2. The van der Waals surface area contributed by atoms with Crippen LogP contribution in [-0.4, -0.2) is 10.2 Å². The molecule has 2 N–H and O–H groups in total. The van der Waals surface area contributed by atoms with Crippen LogP contribution in [-0.2, 0) is 10.8 Å². The zero-order chi connectivity index (χ0) is 18.4. The van der Waals surface area contributed by atoms with Gasteiger partial charge in [-0.15, -0.1) is 0 Å². The van der Waals surface area contributed by atoms with Gasteiger partial charge < -0.3 is 10.2 Å². The summed E-state index contributed by atoms with van der Waals surface area (Å²) >= 11 is 0. The molecule has 0 aliphatic heterocycles. The van der Waals surface area contributed by atoms with Gasteiger partial charge in [-0.2, -0.15) is 0 Å². The lowest BCUT2D eigenvalue weighted by molar-refractivity contribution is 0.464. The van der Waals surface area contributed by atoms with Crippen molar-refractivity contribution in [3.8, 4) is 22.6 Å². The highest BCUT2D eigenvalue weighted by Gasteiger charge is 2.23. The molecule has 2 aromatic carbocycles. The lowest BCUT2D eigenvalue weighted by Gasteiger charge is -2.24. The van der Waals surface area contributed by atoms with Gasteiger partial charge in [0.15, 0.2) is 0 Å². The minimum atomic E-state index is -0.0338. The van der Waals surface area contributed by atoms with E-state index in [1.165, 1.54) is 0 Å². The van der Waals surface area contributed by atoms with E-state index in [-0.39, 0.29) is 22.3 Å². The molecule has 24 heavy (non-hydrogen) atoms. The molecule has 0 spiro atoms. The van der Waals surface area contributed by atoms with Crippen LogP contribution in [0.1, 0.15) is 63.8 Å². The number of phenolic OH excluding ortho intramolecular Hbond substituents is 2. The van der Waals surface area contributed by atoms with E-state index in [1.54, 1.807) is 0 Å². The average Bonchev–Trinajstić information content (AvgIpc) is 2.38. The summed E-state index contributed by atoms with van der Waals surface area (Å²) in [6.07, 6.45) is 0. The molecule has 2 heteroatoms. The van der Waals surface area contributed by atoms with Crippen LogP contribution < -0.4 is 0 Å². The molecule has 0 unspecified atom stereocenters. The van der Waals surface area contributed by atoms with Crippen molar-refractivity contribution in [3.63, 3.8) is 0 Å². The normalized spacial score (nSPS) is 12.5. The van der Waals surface area contributed by atoms with Crippen LogP contribution in [0.4, 0.5) is 0 Å². The third-order valence-electron chi connectivity index (χ3n) is 4.61. The lowest BCUT2D eigenvalue weighted by atomic mass is 9.81. The molecule has 2 rings (SSSR count). The summed E-state index contributed by atoms with van der Waals surface area (Å²) in [5, 5.41) is 21.3. The quantitative estimate of drug-likeness (QED) is 0.677. The first-order chi connectivity index (χ1) is 10.8. The summed E-state index contributed by atoms with van der Waals surface area (Å²) in [7, 11) is 0. The fraction of sp³-hybridized carbons (Fsp3) is 0.455. The summed E-state index contributed by atoms with van der Waals surface area (Å²) in [6.45, 7) is 16.7. The van der Waals surface area contributed by atoms with Gasteiger partial charge in [0, 0.05) is 11.1 Å². The van der Waals surface area contributed by atoms with Crippen LogP contribution in [0.3, 0.4) is 0 Å². The maximum Gasteiger partial charge on any atom is 0.124 e. The van der Waals surface area contributed by atoms with Crippen LogP contribution in [0.2, 0.25) is 0 Å². The standard InChI is InChI=1S/C22H30O2/c1-13-9-15(21(3,4)5)11-17(23)19(13)20-14(2)10-16(12-18(20)24)22(6,7)8/h9-12,23-24H,1-8H3. The minimum absolute atomic E-state index is 0.0338. The second kappa shape index (κ2) is 5.84. The molecule has 0 amide bonds. The van der Waals surface area contributed by atoms with E-state index in [0.717, 1.165) is 33.4 Å². The molecule has 0 saturated carbocycles. The van der Waals surface area contributed by atoms with Crippen LogP contribution >= 0.6 is 0 Å². The molecule has 0 aliphatic carbocycles. The van der Waals surface area contributed by atoms with E-state index in [2.05, 4.69) is 53.7 Å². The van der Waals surface area contributed by atoms with Crippen molar-refractivity contribution in [2.75, 3.05) is 0 Å². The highest BCUT2D eigenvalue weighted by molar-refractivity contribution is 5.81. The van der Waals surface area contributed by atoms with E-state index in [0.29, 0.717) is 0 Å². The SMILES string of the molecule is Cc1cc(C(C)(C)C)cc(O)c1-c1c(C)cc(C(C)(C)C)cc1O. The van der Waals surface area contributed by atoms with Crippen LogP contribution in [0.25, 0.3) is 11.1 Å². The van der Waals surface area contributed by atoms with Crippen LogP contribution in [0.15, 0.2) is 24.3 Å². The van der Waals surface area contributed by atoms with Gasteiger partial charge in [-0.25, -0.2) is 0 Å². The van der Waals surface area contributed by atoms with Gasteiger partial charge in [0.25, 0.3) is 0 Å². The topological polar surface area (TPSA) is 40.5 Å². The molecule has 0 bridgehead atoms. The predicted octanol–water partition coefficient (Wildman–Crippen LogP) is 5.98. The van der Waals surface area contributed by atoms with Gasteiger partial charge in [-0.3, -0.25) is 0 Å². The monoisotopic (exact) mass is 326 g/mol. The molecule has 0 heterocycles. The zero-order valence-electron chi connectivity index (χ0n) is 16.2. The predicted molar refractivity (Wildman–Crippen MR) is 102 cm³/mol. The maximum atomic E-state index is 10.7. The third kappa shape index (κ3) is 3.43. The zero-order valence-corrected chi connectivity index (χ0v) is 16.2. The van der Waals surface area contributed by atoms with Crippen molar-refractivity contribution in [3.05, 3.63) is 46.5 Å². The number of aromatic hydroxyl groups is 2. The van der Waals surface area contributed by atoms with E-state index >= 15 is 0 Å². The van der Waals surface area contributed by atoms with Crippen molar-refractivity contribution < 1.29 is 10.2 Å². The smallest absolute Gasteiger partial charge is 0.124 e. The van der Waals surface area contributed by atoms with Crippen molar-refractivity contribution in [1.29, 1.82) is 0 Å². The molecule has 0 aliphatic rings. The van der Waals surface area contributed by atoms with Gasteiger partial charge in [0.05, 0.1) is 0 Å². The maximum absolute atomic E-state index is 10.7. The summed E-state index contributed by atoms with van der Waals surface area (Å²) in [4.78, 5) is 0. The first-order valence-electron chi connectivity index (χ1n) is 8.51. The number of hydrogen-bond acceptors (Lipinski definition) is 2. The number of phenols is 2. The lowest BCUT2D eigenvalue weighted by Crippen LogP contribution is -2.12. The van der Waals surface area contributed by atoms with Gasteiger partial charge in [-0.1, -0.05) is 53.7 Å². The van der Waals surface area contributed by atoms with Crippen LogP contribution in [0, 0.1) is 13.8 Å². The molecule has 0 aromatic heterocycles. The Hall–Kier alpha value is -1.96. The Kier molecular flexibility index (Phi) is 4.47. The summed E-state index contributed by atoms with van der Waals surface area (Å²) in [5.74, 6) is 0.448. The molecule has 0 atom stereocenters. The van der Waals surface area contributed by atoms with Gasteiger partial charge in [0.2, 0.25) is 0 Å². The Morgan fingerprint density at radius 2 is 0.875 bits per heavy atom. The Bertz CT molecular complexity index is 658. The molecular formula is C22H30O2. The third-order valence-corrected chi connectivity index (χ3v) is 4.61. The Balaban J connectivity index is 2.70. The number of benzene rings is 2. The summed E-state index contributed by atoms with van der Waals surface area (Å²) in [5.41, 5.74) is 5.50. The first kappa shape index (κ1) is 18.4. The highest BCUT2D eigenvalue weighted by atomic mass is 16.3. The van der Waals surface area contributed by atoms with Crippen LogP contribution in [0.5, 0.6) is 11.5 Å². The second-order valence-corrected chi connectivity index (χ2v) is 8.87. The average molecular weight is 326 g/mol. The van der Waals surface area contributed by atoms with E-state index in [9.17, 15) is 10.2 Å². The Labute approximate surface area is 146 Å². The molecular weight excluding hydrogens is 296 g/mol. The van der Waals surface area contributed by atoms with E-state index in [1.807, 2.05) is 26.0 Å². The minimum Gasteiger partial charge on any atom is -0.507 e. The largest absolute Gasteiger partial charge is 0.507 e. The molecule has 0 radical (unpaired) electrons. The summed E-state index contributed by atoms with van der Waals surface area (Å²) in [6, 6.07) is 7.84. The van der Waals surface area contributed by atoms with Crippen molar-refractivity contribution in [1.82, 2.24) is 0 Å². The first-order valence-corrected chi connectivity index (χ1v) is 8.51. The Morgan fingerprint density at radius 3 is 1.08 bits per heavy atom. The summed E-state index contributed by atoms with van der Waals surface area (Å²) < 4.78 is 0. The van der Waals surface area contributed by atoms with E-state index < -0.39 is 0 Å². The van der Waals surface area contributed by atoms with Crippen molar-refractivity contribution in [2.24, 2.45) is 0 Å². The van der Waals surface area contributed by atoms with E-state index in [4.69, 9.17) is 0 Å². The molecule has 0 fully saturated rings. The molecule has 2 aromatic rings. The fourth-order valence-electron chi connectivity index (χ4n) is 3.05. The van der Waals surface area contributed by atoms with Gasteiger partial charge in [0.1, 0.15) is 11.5 Å². The molecule has 0 saturated heterocycles. The highest BCUT2D eigenvalue weighted by Crippen LogP contribution is 2.43. The second-order valence-electron chi connectivity index (χ2n) is 8.87. The number of rotatable bonds is 1. The van der Waals surface area contributed by atoms with Gasteiger partial charge >= 0.3 is 0 Å². The molecule has 2 nitrogen and oxygen atoms in total.